The average molecular weight is 545 g/mol. The van der Waals surface area contributed by atoms with Gasteiger partial charge in [-0.3, -0.25) is 0 Å². The zero-order chi connectivity index (χ0) is 26.4. The second kappa shape index (κ2) is 30.9. The molecule has 0 spiro atoms. The molecule has 0 rings (SSSR count). The van der Waals surface area contributed by atoms with E-state index in [1.807, 2.05) is 0 Å². The zero-order valence-electron chi connectivity index (χ0n) is 24.0. The summed E-state index contributed by atoms with van der Waals surface area (Å²) in [6.45, 7) is 8.48. The Bertz CT molecular complexity index is 436. The third kappa shape index (κ3) is 29.9. The molecule has 36 heavy (non-hydrogen) atoms. The molecule has 0 bridgehead atoms. The van der Waals surface area contributed by atoms with Gasteiger partial charge in [0.25, 0.3) is 0 Å². The molecule has 4 nitrogen and oxygen atoms in total. The van der Waals surface area contributed by atoms with Crippen molar-refractivity contribution in [3.05, 3.63) is 0 Å². The molecule has 0 aliphatic rings. The van der Waals surface area contributed by atoms with Crippen molar-refractivity contribution in [3.63, 3.8) is 0 Å². The predicted molar refractivity (Wildman–Crippen MR) is 167 cm³/mol. The van der Waals surface area contributed by atoms with E-state index in [-0.39, 0.29) is 0 Å². The highest BCUT2D eigenvalue weighted by Gasteiger charge is 2.00. The van der Waals surface area contributed by atoms with Crippen molar-refractivity contribution < 1.29 is 9.47 Å². The van der Waals surface area contributed by atoms with Crippen LogP contribution in [0, 0.1) is 0 Å². The van der Waals surface area contributed by atoms with Crippen LogP contribution in [-0.4, -0.2) is 49.5 Å². The third-order valence-corrected chi connectivity index (χ3v) is 7.07. The Morgan fingerprint density at radius 1 is 0.444 bits per heavy atom. The van der Waals surface area contributed by atoms with Crippen molar-refractivity contribution in [1.82, 2.24) is 10.6 Å². The standard InChI is InChI=1S/C30H60N2O2S2/c1-3-5-7-9-11-13-15-17-19-21-23-31-29(35)27-33-25-26-34-28-30(36)32-24-22-20-18-16-14-12-10-8-6-4-2/h3-28H2,1-2H3,(H,31,35)(H,32,36). The smallest absolute Gasteiger partial charge is 0.101 e. The minimum atomic E-state index is 0.470. The fraction of sp³-hybridized carbons (Fsp3) is 0.933. The van der Waals surface area contributed by atoms with E-state index in [0.29, 0.717) is 26.4 Å². The summed E-state index contributed by atoms with van der Waals surface area (Å²) < 4.78 is 11.2. The first kappa shape index (κ1) is 35.7. The lowest BCUT2D eigenvalue weighted by Crippen LogP contribution is -2.28. The molecule has 0 unspecified atom stereocenters. The average Bonchev–Trinajstić information content (AvgIpc) is 2.87. The number of hydrogen-bond acceptors (Lipinski definition) is 4. The SMILES string of the molecule is CCCCCCCCCCCCNC(=S)COCCOCC(=S)NCCCCCCCCCCCC. The van der Waals surface area contributed by atoms with Crippen molar-refractivity contribution in [3.8, 4) is 0 Å². The van der Waals surface area contributed by atoms with Crippen molar-refractivity contribution in [2.75, 3.05) is 39.5 Å². The van der Waals surface area contributed by atoms with E-state index in [9.17, 15) is 0 Å². The van der Waals surface area contributed by atoms with Gasteiger partial charge in [0.05, 0.1) is 26.4 Å². The topological polar surface area (TPSA) is 42.5 Å². The maximum absolute atomic E-state index is 5.61. The summed E-state index contributed by atoms with van der Waals surface area (Å²) in [5, 5.41) is 6.61. The van der Waals surface area contributed by atoms with E-state index in [4.69, 9.17) is 33.9 Å². The fourth-order valence-corrected chi connectivity index (χ4v) is 4.60. The lowest BCUT2D eigenvalue weighted by atomic mass is 10.1. The second-order valence-corrected chi connectivity index (χ2v) is 11.2. The summed E-state index contributed by atoms with van der Waals surface area (Å²) in [7, 11) is 0. The number of hydrogen-bond donors (Lipinski definition) is 2. The van der Waals surface area contributed by atoms with Gasteiger partial charge < -0.3 is 20.1 Å². The van der Waals surface area contributed by atoms with Crippen LogP contribution in [0.2, 0.25) is 0 Å². The van der Waals surface area contributed by atoms with Gasteiger partial charge >= 0.3 is 0 Å². The Kier molecular flexibility index (Phi) is 30.7. The van der Waals surface area contributed by atoms with Crippen LogP contribution in [-0.2, 0) is 9.47 Å². The zero-order valence-corrected chi connectivity index (χ0v) is 25.7. The van der Waals surface area contributed by atoms with E-state index in [2.05, 4.69) is 24.5 Å². The number of nitrogens with one attached hydrogen (secondary N) is 2. The first-order valence-corrected chi connectivity index (χ1v) is 16.2. The number of rotatable bonds is 29. The molecular formula is C30H60N2O2S2. The van der Waals surface area contributed by atoms with Crippen LogP contribution >= 0.6 is 24.4 Å². The molecule has 0 heterocycles. The van der Waals surface area contributed by atoms with Crippen LogP contribution in [0.4, 0.5) is 0 Å². The van der Waals surface area contributed by atoms with Crippen LogP contribution in [0.15, 0.2) is 0 Å². The molecule has 0 radical (unpaired) electrons. The maximum atomic E-state index is 5.61. The molecule has 0 aromatic rings. The van der Waals surface area contributed by atoms with Crippen molar-refractivity contribution in [2.45, 2.75) is 142 Å². The van der Waals surface area contributed by atoms with Gasteiger partial charge in [-0.1, -0.05) is 154 Å². The minimum Gasteiger partial charge on any atom is -0.378 e. The monoisotopic (exact) mass is 544 g/mol. The summed E-state index contributed by atoms with van der Waals surface area (Å²) in [6.07, 6.45) is 27.1. The largest absolute Gasteiger partial charge is 0.378 e. The molecule has 0 amide bonds. The minimum absolute atomic E-state index is 0.470. The highest BCUT2D eigenvalue weighted by molar-refractivity contribution is 7.80. The van der Waals surface area contributed by atoms with Crippen molar-refractivity contribution in [2.24, 2.45) is 0 Å². The normalized spacial score (nSPS) is 11.1. The number of thiocarbonyl (C=S) groups is 2. The molecule has 0 aromatic carbocycles. The quantitative estimate of drug-likeness (QED) is 0.0725. The molecule has 0 fully saturated rings. The van der Waals surface area contributed by atoms with Gasteiger partial charge in [0, 0.05) is 13.1 Å². The van der Waals surface area contributed by atoms with Crippen LogP contribution in [0.3, 0.4) is 0 Å². The molecule has 6 heteroatoms. The van der Waals surface area contributed by atoms with Gasteiger partial charge in [-0.15, -0.1) is 0 Å². The van der Waals surface area contributed by atoms with Gasteiger partial charge in [0.1, 0.15) is 9.98 Å². The van der Waals surface area contributed by atoms with E-state index < -0.39 is 0 Å². The molecule has 0 aliphatic carbocycles. The molecule has 2 N–H and O–H groups in total. The summed E-state index contributed by atoms with van der Waals surface area (Å²) >= 11 is 10.7. The molecule has 0 aliphatic heterocycles. The second-order valence-electron chi connectivity index (χ2n) is 10.2. The highest BCUT2D eigenvalue weighted by atomic mass is 32.1. The molecule has 0 saturated carbocycles. The van der Waals surface area contributed by atoms with Crippen LogP contribution in [0.5, 0.6) is 0 Å². The van der Waals surface area contributed by atoms with E-state index in [1.165, 1.54) is 128 Å². The molecule has 0 aromatic heterocycles. The first-order chi connectivity index (χ1) is 17.7. The van der Waals surface area contributed by atoms with Crippen LogP contribution in [0.1, 0.15) is 142 Å². The van der Waals surface area contributed by atoms with E-state index in [1.54, 1.807) is 0 Å². The maximum Gasteiger partial charge on any atom is 0.101 e. The molecular weight excluding hydrogens is 484 g/mol. The molecule has 0 saturated heterocycles. The predicted octanol–water partition coefficient (Wildman–Crippen LogP) is 8.70. The Hall–Kier alpha value is -0.300. The fourth-order valence-electron chi connectivity index (χ4n) is 4.23. The van der Waals surface area contributed by atoms with Gasteiger partial charge in [-0.2, -0.15) is 0 Å². The van der Waals surface area contributed by atoms with Crippen molar-refractivity contribution >= 4 is 34.4 Å². The Morgan fingerprint density at radius 3 is 1.03 bits per heavy atom. The van der Waals surface area contributed by atoms with Gasteiger partial charge in [-0.25, -0.2) is 0 Å². The van der Waals surface area contributed by atoms with Gasteiger partial charge in [-0.05, 0) is 12.8 Å². The molecule has 0 atom stereocenters. The highest BCUT2D eigenvalue weighted by Crippen LogP contribution is 2.11. The Labute approximate surface area is 235 Å². The summed E-state index contributed by atoms with van der Waals surface area (Å²) in [5.74, 6) is 0. The van der Waals surface area contributed by atoms with Gasteiger partial charge in [0.15, 0.2) is 0 Å². The molecule has 214 valence electrons. The first-order valence-electron chi connectivity index (χ1n) is 15.4. The number of unbranched alkanes of at least 4 members (excludes halogenated alkanes) is 18. The summed E-state index contributed by atoms with van der Waals surface area (Å²) in [4.78, 5) is 1.58. The Balaban J connectivity index is 3.26. The van der Waals surface area contributed by atoms with E-state index in [0.717, 1.165) is 23.1 Å². The Morgan fingerprint density at radius 2 is 0.722 bits per heavy atom. The van der Waals surface area contributed by atoms with Crippen LogP contribution < -0.4 is 10.6 Å². The summed E-state index contributed by atoms with van der Waals surface area (Å²) in [5.41, 5.74) is 0. The van der Waals surface area contributed by atoms with E-state index >= 15 is 0 Å². The lowest BCUT2D eigenvalue weighted by molar-refractivity contribution is 0.0787. The number of ether oxygens (including phenoxy) is 2. The van der Waals surface area contributed by atoms with Crippen LogP contribution in [0.25, 0.3) is 0 Å². The third-order valence-electron chi connectivity index (χ3n) is 6.54. The van der Waals surface area contributed by atoms with Crippen molar-refractivity contribution in [1.29, 1.82) is 0 Å². The lowest BCUT2D eigenvalue weighted by Gasteiger charge is -2.10. The summed E-state index contributed by atoms with van der Waals surface area (Å²) in [6, 6.07) is 0. The van der Waals surface area contributed by atoms with Gasteiger partial charge in [0.2, 0.25) is 0 Å².